The summed E-state index contributed by atoms with van der Waals surface area (Å²) in [7, 11) is 0. The van der Waals surface area contributed by atoms with Crippen LogP contribution in [0.4, 0.5) is 0 Å². The van der Waals surface area contributed by atoms with Gasteiger partial charge in [0.1, 0.15) is 18.3 Å². The summed E-state index contributed by atoms with van der Waals surface area (Å²) in [5, 5.41) is 31.2. The Morgan fingerprint density at radius 2 is 2.00 bits per heavy atom. The molecule has 0 saturated carbocycles. The average Bonchev–Trinajstić information content (AvgIpc) is 2.29. The van der Waals surface area contributed by atoms with Crippen LogP contribution < -0.4 is 5.32 Å². The van der Waals surface area contributed by atoms with E-state index in [0.717, 1.165) is 0 Å². The van der Waals surface area contributed by atoms with Crippen molar-refractivity contribution in [2.45, 2.75) is 57.1 Å². The maximum atomic E-state index is 11.5. The monoisotopic (exact) mass is 247 g/mol. The van der Waals surface area contributed by atoms with Crippen molar-refractivity contribution in [2.24, 2.45) is 0 Å². The average molecular weight is 247 g/mol. The van der Waals surface area contributed by atoms with Crippen LogP contribution in [-0.2, 0) is 9.53 Å². The van der Waals surface area contributed by atoms with Crippen molar-refractivity contribution >= 4 is 5.91 Å². The fourth-order valence-electron chi connectivity index (χ4n) is 1.99. The largest absolute Gasteiger partial charge is 0.394 e. The SMILES string of the molecule is CCCC(=O)NC1C(C)OC(CO)C(O)C1O. The first-order valence-corrected chi connectivity index (χ1v) is 5.93. The maximum Gasteiger partial charge on any atom is 0.220 e. The molecule has 0 aliphatic carbocycles. The van der Waals surface area contributed by atoms with Crippen LogP contribution in [0.3, 0.4) is 0 Å². The van der Waals surface area contributed by atoms with Crippen molar-refractivity contribution < 1.29 is 24.9 Å². The van der Waals surface area contributed by atoms with E-state index in [4.69, 9.17) is 9.84 Å². The highest BCUT2D eigenvalue weighted by Gasteiger charge is 2.42. The highest BCUT2D eigenvalue weighted by Crippen LogP contribution is 2.20. The molecule has 1 aliphatic heterocycles. The van der Waals surface area contributed by atoms with Gasteiger partial charge in [-0.25, -0.2) is 0 Å². The zero-order valence-electron chi connectivity index (χ0n) is 10.2. The molecule has 0 aromatic carbocycles. The Morgan fingerprint density at radius 1 is 1.35 bits per heavy atom. The zero-order valence-corrected chi connectivity index (χ0v) is 10.2. The number of aliphatic hydroxyl groups excluding tert-OH is 3. The van der Waals surface area contributed by atoms with Gasteiger partial charge < -0.3 is 25.4 Å². The summed E-state index contributed by atoms with van der Waals surface area (Å²) in [6.45, 7) is 3.21. The fraction of sp³-hybridized carbons (Fsp3) is 0.909. The molecular weight excluding hydrogens is 226 g/mol. The first kappa shape index (κ1) is 14.4. The van der Waals surface area contributed by atoms with Crippen LogP contribution in [0, 0.1) is 0 Å². The first-order chi connectivity index (χ1) is 8.01. The summed E-state index contributed by atoms with van der Waals surface area (Å²) >= 11 is 0. The molecule has 1 aliphatic rings. The van der Waals surface area contributed by atoms with Crippen molar-refractivity contribution in [3.63, 3.8) is 0 Å². The molecule has 5 atom stereocenters. The topological polar surface area (TPSA) is 99.0 Å². The van der Waals surface area contributed by atoms with Crippen LogP contribution in [0.2, 0.25) is 0 Å². The number of ether oxygens (including phenoxy) is 1. The van der Waals surface area contributed by atoms with Crippen LogP contribution in [0.1, 0.15) is 26.7 Å². The summed E-state index contributed by atoms with van der Waals surface area (Å²) in [6, 6.07) is -0.646. The van der Waals surface area contributed by atoms with Gasteiger partial charge in [0.2, 0.25) is 5.91 Å². The minimum atomic E-state index is -1.19. The number of carbonyl (C=O) groups excluding carboxylic acids is 1. The molecule has 0 aromatic heterocycles. The second-order valence-corrected chi connectivity index (χ2v) is 4.39. The van der Waals surface area contributed by atoms with Gasteiger partial charge in [-0.2, -0.15) is 0 Å². The molecule has 0 spiro atoms. The Labute approximate surface area is 101 Å². The van der Waals surface area contributed by atoms with Crippen LogP contribution in [-0.4, -0.2) is 58.3 Å². The van der Waals surface area contributed by atoms with E-state index in [2.05, 4.69) is 5.32 Å². The van der Waals surface area contributed by atoms with Gasteiger partial charge in [-0.05, 0) is 13.3 Å². The van der Waals surface area contributed by atoms with Crippen LogP contribution in [0.5, 0.6) is 0 Å². The lowest BCUT2D eigenvalue weighted by molar-refractivity contribution is -0.190. The Balaban J connectivity index is 2.63. The molecule has 1 saturated heterocycles. The number of amides is 1. The highest BCUT2D eigenvalue weighted by atomic mass is 16.5. The summed E-state index contributed by atoms with van der Waals surface area (Å²) in [5.74, 6) is -0.179. The molecular formula is C11H21NO5. The Hall–Kier alpha value is -0.690. The predicted octanol–water partition coefficient (Wildman–Crippen LogP) is -1.23. The third kappa shape index (κ3) is 3.38. The molecule has 6 heteroatoms. The van der Waals surface area contributed by atoms with E-state index in [-0.39, 0.29) is 12.5 Å². The summed E-state index contributed by atoms with van der Waals surface area (Å²) in [6.07, 6.45) is -2.49. The van der Waals surface area contributed by atoms with Crippen molar-refractivity contribution in [3.05, 3.63) is 0 Å². The fourth-order valence-corrected chi connectivity index (χ4v) is 1.99. The number of nitrogens with one attached hydrogen (secondary N) is 1. The quantitative estimate of drug-likeness (QED) is 0.499. The number of aliphatic hydroxyl groups is 3. The number of rotatable bonds is 4. The molecule has 1 rings (SSSR count). The number of hydrogen-bond donors (Lipinski definition) is 4. The minimum Gasteiger partial charge on any atom is -0.394 e. The van der Waals surface area contributed by atoms with Gasteiger partial charge in [-0.15, -0.1) is 0 Å². The van der Waals surface area contributed by atoms with E-state index in [9.17, 15) is 15.0 Å². The minimum absolute atomic E-state index is 0.179. The second kappa shape index (κ2) is 6.30. The van der Waals surface area contributed by atoms with E-state index in [1.165, 1.54) is 0 Å². The molecule has 0 radical (unpaired) electrons. The normalized spacial score (nSPS) is 37.8. The lowest BCUT2D eigenvalue weighted by atomic mass is 9.93. The maximum absolute atomic E-state index is 11.5. The third-order valence-corrected chi connectivity index (χ3v) is 2.98. The number of hydrogen-bond acceptors (Lipinski definition) is 5. The molecule has 1 fully saturated rings. The molecule has 1 heterocycles. The van der Waals surface area contributed by atoms with Gasteiger partial charge in [-0.1, -0.05) is 6.92 Å². The van der Waals surface area contributed by atoms with E-state index in [1.807, 2.05) is 6.92 Å². The van der Waals surface area contributed by atoms with Crippen LogP contribution in [0.25, 0.3) is 0 Å². The van der Waals surface area contributed by atoms with Gasteiger partial charge in [0.05, 0.1) is 18.8 Å². The molecule has 100 valence electrons. The first-order valence-electron chi connectivity index (χ1n) is 5.93. The van der Waals surface area contributed by atoms with Crippen molar-refractivity contribution in [1.82, 2.24) is 5.32 Å². The summed E-state index contributed by atoms with van der Waals surface area (Å²) in [4.78, 5) is 11.5. The van der Waals surface area contributed by atoms with Gasteiger partial charge >= 0.3 is 0 Å². The molecule has 17 heavy (non-hydrogen) atoms. The lowest BCUT2D eigenvalue weighted by Crippen LogP contribution is -2.63. The molecule has 6 nitrogen and oxygen atoms in total. The van der Waals surface area contributed by atoms with Gasteiger partial charge in [-0.3, -0.25) is 4.79 Å². The lowest BCUT2D eigenvalue weighted by Gasteiger charge is -2.41. The molecule has 4 N–H and O–H groups in total. The highest BCUT2D eigenvalue weighted by molar-refractivity contribution is 5.76. The predicted molar refractivity (Wildman–Crippen MR) is 60.3 cm³/mol. The Morgan fingerprint density at radius 3 is 2.53 bits per heavy atom. The van der Waals surface area contributed by atoms with Crippen LogP contribution in [0.15, 0.2) is 0 Å². The standard InChI is InChI=1S/C11H21NO5/c1-3-4-8(14)12-9-6(2)17-7(5-13)10(15)11(9)16/h6-7,9-11,13,15-16H,3-5H2,1-2H3,(H,12,14). The Bertz CT molecular complexity index is 260. The Kier molecular flexibility index (Phi) is 5.32. The van der Waals surface area contributed by atoms with E-state index in [1.54, 1.807) is 6.92 Å². The van der Waals surface area contributed by atoms with Crippen molar-refractivity contribution in [1.29, 1.82) is 0 Å². The molecule has 5 unspecified atom stereocenters. The summed E-state index contributed by atoms with van der Waals surface area (Å²) < 4.78 is 5.34. The molecule has 0 bridgehead atoms. The second-order valence-electron chi connectivity index (χ2n) is 4.39. The third-order valence-electron chi connectivity index (χ3n) is 2.98. The van der Waals surface area contributed by atoms with Crippen molar-refractivity contribution in [3.8, 4) is 0 Å². The van der Waals surface area contributed by atoms with E-state index in [0.29, 0.717) is 12.8 Å². The summed E-state index contributed by atoms with van der Waals surface area (Å²) in [5.41, 5.74) is 0. The van der Waals surface area contributed by atoms with Gasteiger partial charge in [0.15, 0.2) is 0 Å². The van der Waals surface area contributed by atoms with Gasteiger partial charge in [0, 0.05) is 6.42 Å². The van der Waals surface area contributed by atoms with Gasteiger partial charge in [0.25, 0.3) is 0 Å². The van der Waals surface area contributed by atoms with E-state index < -0.39 is 30.5 Å². The van der Waals surface area contributed by atoms with Crippen molar-refractivity contribution in [2.75, 3.05) is 6.61 Å². The number of carbonyl (C=O) groups is 1. The van der Waals surface area contributed by atoms with E-state index >= 15 is 0 Å². The molecule has 1 amide bonds. The molecule has 0 aromatic rings. The van der Waals surface area contributed by atoms with Crippen LogP contribution >= 0.6 is 0 Å². The smallest absolute Gasteiger partial charge is 0.220 e. The zero-order chi connectivity index (χ0) is 13.0.